The highest BCUT2D eigenvalue weighted by molar-refractivity contribution is 6.06. The number of nitrogens with zero attached hydrogens (tertiary/aromatic N) is 3. The van der Waals surface area contributed by atoms with Gasteiger partial charge in [-0.05, 0) is 48.7 Å². The summed E-state index contributed by atoms with van der Waals surface area (Å²) in [5.74, 6) is 0.957. The molecule has 0 unspecified atom stereocenters. The van der Waals surface area contributed by atoms with E-state index in [4.69, 9.17) is 4.98 Å². The number of fused-ring (bicyclic) bond motifs is 2. The summed E-state index contributed by atoms with van der Waals surface area (Å²) in [7, 11) is 1.98. The number of carbonyl (C=O) groups excluding carboxylic acids is 1. The monoisotopic (exact) mass is 346 g/mol. The summed E-state index contributed by atoms with van der Waals surface area (Å²) in [6.45, 7) is 5.12. The van der Waals surface area contributed by atoms with Crippen LogP contribution in [-0.4, -0.2) is 20.0 Å². The van der Waals surface area contributed by atoms with E-state index in [0.29, 0.717) is 5.56 Å². The smallest absolute Gasteiger partial charge is 0.255 e. The minimum atomic E-state index is -0.113. The molecule has 0 saturated heterocycles. The number of carbonyl (C=O) groups is 1. The van der Waals surface area contributed by atoms with Gasteiger partial charge >= 0.3 is 0 Å². The number of hydrogen-bond acceptors (Lipinski definition) is 2. The summed E-state index contributed by atoms with van der Waals surface area (Å²) in [6, 6.07) is 13.7. The molecule has 1 amide bonds. The van der Waals surface area contributed by atoms with Gasteiger partial charge in [-0.1, -0.05) is 13.0 Å². The lowest BCUT2D eigenvalue weighted by Crippen LogP contribution is -2.11. The molecule has 0 aliphatic carbocycles. The first-order valence-electron chi connectivity index (χ1n) is 8.96. The molecular weight excluding hydrogens is 324 g/mol. The molecule has 26 heavy (non-hydrogen) atoms. The Balaban J connectivity index is 1.65. The molecular formula is C21H22N4O. The second-order valence-electron chi connectivity index (χ2n) is 6.48. The number of amides is 1. The van der Waals surface area contributed by atoms with Gasteiger partial charge in [0.15, 0.2) is 0 Å². The Kier molecular flexibility index (Phi) is 3.99. The third-order valence-electron chi connectivity index (χ3n) is 4.87. The van der Waals surface area contributed by atoms with Crippen LogP contribution in [0.15, 0.2) is 48.7 Å². The third kappa shape index (κ3) is 2.65. The van der Waals surface area contributed by atoms with E-state index >= 15 is 0 Å². The van der Waals surface area contributed by atoms with E-state index in [1.54, 1.807) is 0 Å². The number of hydrogen-bond donors (Lipinski definition) is 1. The molecule has 2 aromatic heterocycles. The van der Waals surface area contributed by atoms with Crippen LogP contribution < -0.4 is 5.32 Å². The Bertz CT molecular complexity index is 1120. The first-order valence-corrected chi connectivity index (χ1v) is 8.96. The fourth-order valence-corrected chi connectivity index (χ4v) is 3.49. The summed E-state index contributed by atoms with van der Waals surface area (Å²) in [5.41, 5.74) is 4.47. The summed E-state index contributed by atoms with van der Waals surface area (Å²) < 4.78 is 4.23. The van der Waals surface area contributed by atoms with E-state index in [9.17, 15) is 4.79 Å². The van der Waals surface area contributed by atoms with Crippen LogP contribution in [0.25, 0.3) is 21.9 Å². The standard InChI is InChI=1S/C21H22N4O/c1-4-20-23-17-13-16(8-9-18(17)25(20)5-2)22-21(26)15-7-6-14-10-11-24(3)19(14)12-15/h6-13H,4-5H2,1-3H3,(H,22,26). The van der Waals surface area contributed by atoms with E-state index in [1.165, 1.54) is 0 Å². The summed E-state index contributed by atoms with van der Waals surface area (Å²) in [6.07, 6.45) is 2.89. The molecule has 0 spiro atoms. The van der Waals surface area contributed by atoms with Crippen molar-refractivity contribution in [1.29, 1.82) is 0 Å². The predicted molar refractivity (Wildman–Crippen MR) is 106 cm³/mol. The van der Waals surface area contributed by atoms with Crippen LogP contribution in [0.3, 0.4) is 0 Å². The van der Waals surface area contributed by atoms with Crippen molar-refractivity contribution in [3.8, 4) is 0 Å². The van der Waals surface area contributed by atoms with Crippen LogP contribution >= 0.6 is 0 Å². The third-order valence-corrected chi connectivity index (χ3v) is 4.87. The van der Waals surface area contributed by atoms with Crippen molar-refractivity contribution in [2.24, 2.45) is 7.05 Å². The zero-order valence-corrected chi connectivity index (χ0v) is 15.3. The number of aryl methyl sites for hydroxylation is 3. The summed E-state index contributed by atoms with van der Waals surface area (Å²) >= 11 is 0. The maximum atomic E-state index is 12.7. The van der Waals surface area contributed by atoms with Crippen molar-refractivity contribution in [2.75, 3.05) is 5.32 Å². The molecule has 0 radical (unpaired) electrons. The van der Waals surface area contributed by atoms with Crippen molar-refractivity contribution in [2.45, 2.75) is 26.8 Å². The number of imidazole rings is 1. The Morgan fingerprint density at radius 1 is 1.08 bits per heavy atom. The van der Waals surface area contributed by atoms with E-state index < -0.39 is 0 Å². The lowest BCUT2D eigenvalue weighted by atomic mass is 10.1. The number of anilines is 1. The van der Waals surface area contributed by atoms with Gasteiger partial charge in [0.25, 0.3) is 5.91 Å². The Labute approximate surface area is 152 Å². The molecule has 5 nitrogen and oxygen atoms in total. The van der Waals surface area contributed by atoms with Gasteiger partial charge in [-0.2, -0.15) is 0 Å². The molecule has 1 N–H and O–H groups in total. The van der Waals surface area contributed by atoms with Gasteiger partial charge in [-0.3, -0.25) is 4.79 Å². The Morgan fingerprint density at radius 2 is 1.92 bits per heavy atom. The summed E-state index contributed by atoms with van der Waals surface area (Å²) in [5, 5.41) is 4.12. The SMILES string of the molecule is CCc1nc2cc(NC(=O)c3ccc4ccn(C)c4c3)ccc2n1CC. The van der Waals surface area contributed by atoms with Crippen LogP contribution in [0.2, 0.25) is 0 Å². The van der Waals surface area contributed by atoms with Crippen LogP contribution in [0.4, 0.5) is 5.69 Å². The molecule has 4 aromatic rings. The lowest BCUT2D eigenvalue weighted by Gasteiger charge is -2.07. The van der Waals surface area contributed by atoms with Gasteiger partial charge in [0, 0.05) is 43.0 Å². The highest BCUT2D eigenvalue weighted by atomic mass is 16.1. The molecule has 2 aromatic carbocycles. The van der Waals surface area contributed by atoms with Crippen molar-refractivity contribution in [3.05, 3.63) is 60.0 Å². The minimum Gasteiger partial charge on any atom is -0.351 e. The first-order chi connectivity index (χ1) is 12.6. The maximum absolute atomic E-state index is 12.7. The molecule has 2 heterocycles. The van der Waals surface area contributed by atoms with Gasteiger partial charge in [-0.25, -0.2) is 4.98 Å². The molecule has 0 atom stereocenters. The summed E-state index contributed by atoms with van der Waals surface area (Å²) in [4.78, 5) is 17.4. The number of aromatic nitrogens is 3. The largest absolute Gasteiger partial charge is 0.351 e. The zero-order valence-electron chi connectivity index (χ0n) is 15.3. The molecule has 0 aliphatic heterocycles. The molecule has 0 aliphatic rings. The Morgan fingerprint density at radius 3 is 2.69 bits per heavy atom. The van der Waals surface area contributed by atoms with Crippen LogP contribution in [0.1, 0.15) is 30.0 Å². The van der Waals surface area contributed by atoms with Crippen LogP contribution in [0, 0.1) is 0 Å². The van der Waals surface area contributed by atoms with E-state index in [-0.39, 0.29) is 5.91 Å². The van der Waals surface area contributed by atoms with Gasteiger partial charge < -0.3 is 14.5 Å². The molecule has 132 valence electrons. The van der Waals surface area contributed by atoms with Crippen molar-refractivity contribution < 1.29 is 4.79 Å². The lowest BCUT2D eigenvalue weighted by molar-refractivity contribution is 0.102. The number of benzene rings is 2. The molecule has 4 rings (SSSR count). The number of rotatable bonds is 4. The highest BCUT2D eigenvalue weighted by Gasteiger charge is 2.11. The van der Waals surface area contributed by atoms with Crippen LogP contribution in [-0.2, 0) is 20.0 Å². The maximum Gasteiger partial charge on any atom is 0.255 e. The first kappa shape index (κ1) is 16.4. The molecule has 0 bridgehead atoms. The minimum absolute atomic E-state index is 0.113. The quantitative estimate of drug-likeness (QED) is 0.597. The fourth-order valence-electron chi connectivity index (χ4n) is 3.49. The molecule has 0 fully saturated rings. The van der Waals surface area contributed by atoms with Gasteiger partial charge in [-0.15, -0.1) is 0 Å². The van der Waals surface area contributed by atoms with E-state index in [1.807, 2.05) is 60.3 Å². The van der Waals surface area contributed by atoms with E-state index in [2.05, 4.69) is 23.7 Å². The normalized spacial score (nSPS) is 11.3. The second-order valence-corrected chi connectivity index (χ2v) is 6.48. The predicted octanol–water partition coefficient (Wildman–Crippen LogP) is 4.36. The van der Waals surface area contributed by atoms with Crippen LogP contribution in [0.5, 0.6) is 0 Å². The topological polar surface area (TPSA) is 51.9 Å². The molecule has 5 heteroatoms. The van der Waals surface area contributed by atoms with Crippen molar-refractivity contribution >= 4 is 33.5 Å². The second kappa shape index (κ2) is 6.33. The zero-order chi connectivity index (χ0) is 18.3. The van der Waals surface area contributed by atoms with Crippen molar-refractivity contribution in [1.82, 2.24) is 14.1 Å². The van der Waals surface area contributed by atoms with Gasteiger partial charge in [0.1, 0.15) is 5.82 Å². The number of nitrogens with one attached hydrogen (secondary N) is 1. The Hall–Kier alpha value is -3.08. The van der Waals surface area contributed by atoms with E-state index in [0.717, 1.165) is 46.4 Å². The van der Waals surface area contributed by atoms with Crippen molar-refractivity contribution in [3.63, 3.8) is 0 Å². The average molecular weight is 346 g/mol. The highest BCUT2D eigenvalue weighted by Crippen LogP contribution is 2.22. The fraction of sp³-hybridized carbons (Fsp3) is 0.238. The average Bonchev–Trinajstić information content (AvgIpc) is 3.20. The van der Waals surface area contributed by atoms with Gasteiger partial charge in [0.05, 0.1) is 11.0 Å². The molecule has 0 saturated carbocycles. The van der Waals surface area contributed by atoms with Gasteiger partial charge in [0.2, 0.25) is 0 Å².